The van der Waals surface area contributed by atoms with Crippen molar-refractivity contribution in [3.8, 4) is 5.69 Å². The number of benzene rings is 1. The summed E-state index contributed by atoms with van der Waals surface area (Å²) in [6.07, 6.45) is 5.24. The number of aryl methyl sites for hydroxylation is 2. The Kier molecular flexibility index (Phi) is 7.74. The largest absolute Gasteiger partial charge is 0.357 e. The number of para-hydroxylation sites is 1. The highest BCUT2D eigenvalue weighted by atomic mass is 127. The Morgan fingerprint density at radius 2 is 2.00 bits per heavy atom. The molecule has 4 rings (SSSR count). The second-order valence-corrected chi connectivity index (χ2v) is 7.95. The van der Waals surface area contributed by atoms with E-state index in [2.05, 4.69) is 54.4 Å². The van der Waals surface area contributed by atoms with Gasteiger partial charge in [-0.15, -0.1) is 24.0 Å². The molecule has 0 radical (unpaired) electrons. The number of aliphatic imine (C=N–C) groups is 1. The number of hydrogen-bond donors (Lipinski definition) is 1. The van der Waals surface area contributed by atoms with Crippen molar-refractivity contribution in [3.05, 3.63) is 65.2 Å². The van der Waals surface area contributed by atoms with Crippen molar-refractivity contribution in [1.82, 2.24) is 29.8 Å². The van der Waals surface area contributed by atoms with Crippen LogP contribution in [0.3, 0.4) is 0 Å². The average molecular weight is 533 g/mol. The van der Waals surface area contributed by atoms with Crippen LogP contribution in [-0.2, 0) is 13.6 Å². The predicted molar refractivity (Wildman–Crippen MR) is 135 cm³/mol. The van der Waals surface area contributed by atoms with Crippen LogP contribution in [0.25, 0.3) is 5.69 Å². The zero-order valence-electron chi connectivity index (χ0n) is 18.7. The molecular formula is C23H32IN7. The van der Waals surface area contributed by atoms with E-state index in [9.17, 15) is 0 Å². The molecule has 3 heterocycles. The first-order valence-corrected chi connectivity index (χ1v) is 10.7. The van der Waals surface area contributed by atoms with E-state index in [1.54, 1.807) is 0 Å². The summed E-state index contributed by atoms with van der Waals surface area (Å²) in [5.41, 5.74) is 5.77. The molecule has 0 bridgehead atoms. The van der Waals surface area contributed by atoms with Gasteiger partial charge in [0.1, 0.15) is 0 Å². The molecule has 1 aromatic carbocycles. The van der Waals surface area contributed by atoms with E-state index >= 15 is 0 Å². The predicted octanol–water partition coefficient (Wildman–Crippen LogP) is 3.80. The molecule has 2 aromatic heterocycles. The quantitative estimate of drug-likeness (QED) is 0.308. The molecular weight excluding hydrogens is 501 g/mol. The van der Waals surface area contributed by atoms with Gasteiger partial charge in [-0.2, -0.15) is 10.2 Å². The summed E-state index contributed by atoms with van der Waals surface area (Å²) >= 11 is 0. The van der Waals surface area contributed by atoms with Crippen molar-refractivity contribution in [2.45, 2.75) is 39.7 Å². The van der Waals surface area contributed by atoms with Crippen molar-refractivity contribution in [1.29, 1.82) is 0 Å². The molecule has 0 saturated carbocycles. The molecule has 1 N–H and O–H groups in total. The summed E-state index contributed by atoms with van der Waals surface area (Å²) in [5.74, 6) is 1.49. The van der Waals surface area contributed by atoms with Gasteiger partial charge in [0.2, 0.25) is 0 Å². The molecule has 31 heavy (non-hydrogen) atoms. The number of halogens is 1. The van der Waals surface area contributed by atoms with E-state index < -0.39 is 0 Å². The lowest BCUT2D eigenvalue weighted by Gasteiger charge is -2.21. The first-order chi connectivity index (χ1) is 14.6. The van der Waals surface area contributed by atoms with Gasteiger partial charge >= 0.3 is 0 Å². The molecule has 7 nitrogen and oxygen atoms in total. The first kappa shape index (κ1) is 23.3. The molecule has 1 saturated heterocycles. The standard InChI is InChI=1S/C23H31N7.HI/c1-5-24-23(29-12-11-19(16-29)20-13-26-28(4)15-20)25-14-22-17(2)27-30(18(22)3)21-9-7-6-8-10-21;/h6-10,13,15,19H,5,11-12,14,16H2,1-4H3,(H,24,25);1H. The van der Waals surface area contributed by atoms with Crippen LogP contribution in [0.2, 0.25) is 0 Å². The monoisotopic (exact) mass is 533 g/mol. The lowest BCUT2D eigenvalue weighted by Crippen LogP contribution is -2.40. The first-order valence-electron chi connectivity index (χ1n) is 10.7. The van der Waals surface area contributed by atoms with E-state index in [0.29, 0.717) is 12.5 Å². The fourth-order valence-electron chi connectivity index (χ4n) is 4.18. The van der Waals surface area contributed by atoms with E-state index in [-0.39, 0.29) is 24.0 Å². The van der Waals surface area contributed by atoms with Crippen molar-refractivity contribution in [3.63, 3.8) is 0 Å². The van der Waals surface area contributed by atoms with Crippen LogP contribution in [0.1, 0.15) is 41.8 Å². The Balaban J connectivity index is 0.00000272. The second kappa shape index (κ2) is 10.3. The Hall–Kier alpha value is -2.36. The van der Waals surface area contributed by atoms with Crippen LogP contribution in [0.5, 0.6) is 0 Å². The van der Waals surface area contributed by atoms with E-state index in [4.69, 9.17) is 10.1 Å². The number of rotatable bonds is 5. The minimum absolute atomic E-state index is 0. The fourth-order valence-corrected chi connectivity index (χ4v) is 4.18. The van der Waals surface area contributed by atoms with Crippen LogP contribution < -0.4 is 5.32 Å². The molecule has 1 atom stereocenters. The van der Waals surface area contributed by atoms with Gasteiger partial charge in [-0.25, -0.2) is 9.67 Å². The zero-order chi connectivity index (χ0) is 21.1. The van der Waals surface area contributed by atoms with Gasteiger partial charge < -0.3 is 10.2 Å². The highest BCUT2D eigenvalue weighted by molar-refractivity contribution is 14.0. The van der Waals surface area contributed by atoms with Crippen LogP contribution in [0, 0.1) is 13.8 Å². The maximum absolute atomic E-state index is 4.99. The summed E-state index contributed by atoms with van der Waals surface area (Å²) in [7, 11) is 1.97. The van der Waals surface area contributed by atoms with E-state index in [1.807, 2.05) is 40.8 Å². The molecule has 1 unspecified atom stereocenters. The maximum Gasteiger partial charge on any atom is 0.194 e. The molecule has 0 amide bonds. The van der Waals surface area contributed by atoms with Crippen molar-refractivity contribution < 1.29 is 0 Å². The molecule has 1 aliphatic rings. The van der Waals surface area contributed by atoms with Gasteiger partial charge in [-0.05, 0) is 44.9 Å². The van der Waals surface area contributed by atoms with Crippen LogP contribution in [-0.4, -0.2) is 50.1 Å². The molecule has 0 spiro atoms. The molecule has 8 heteroatoms. The third-order valence-corrected chi connectivity index (χ3v) is 5.85. The number of nitrogens with one attached hydrogen (secondary N) is 1. The highest BCUT2D eigenvalue weighted by Gasteiger charge is 2.27. The van der Waals surface area contributed by atoms with Gasteiger partial charge in [-0.3, -0.25) is 4.68 Å². The van der Waals surface area contributed by atoms with Gasteiger partial charge in [0.15, 0.2) is 5.96 Å². The maximum atomic E-state index is 4.99. The minimum atomic E-state index is 0. The Bertz CT molecular complexity index is 1020. The second-order valence-electron chi connectivity index (χ2n) is 7.95. The Morgan fingerprint density at radius 3 is 2.68 bits per heavy atom. The topological polar surface area (TPSA) is 63.3 Å². The summed E-state index contributed by atoms with van der Waals surface area (Å²) in [4.78, 5) is 7.35. The Labute approximate surface area is 201 Å². The number of nitrogens with zero attached hydrogens (tertiary/aromatic N) is 6. The van der Waals surface area contributed by atoms with Gasteiger partial charge in [0.05, 0.1) is 24.1 Å². The van der Waals surface area contributed by atoms with E-state index in [0.717, 1.165) is 49.1 Å². The SMILES string of the molecule is CCNC(=NCc1c(C)nn(-c2ccccc2)c1C)N1CCC(c2cnn(C)c2)C1.I. The number of hydrogen-bond acceptors (Lipinski definition) is 3. The number of likely N-dealkylation sites (tertiary alicyclic amines) is 1. The summed E-state index contributed by atoms with van der Waals surface area (Å²) in [6.45, 7) is 9.77. The zero-order valence-corrected chi connectivity index (χ0v) is 21.1. The van der Waals surface area contributed by atoms with Crippen molar-refractivity contribution >= 4 is 29.9 Å². The van der Waals surface area contributed by atoms with Gasteiger partial charge in [-0.1, -0.05) is 18.2 Å². The highest BCUT2D eigenvalue weighted by Crippen LogP contribution is 2.27. The van der Waals surface area contributed by atoms with Crippen LogP contribution in [0.4, 0.5) is 0 Å². The molecule has 1 fully saturated rings. The molecule has 1 aliphatic heterocycles. The van der Waals surface area contributed by atoms with Crippen LogP contribution in [0.15, 0.2) is 47.7 Å². The smallest absolute Gasteiger partial charge is 0.194 e. The molecule has 3 aromatic rings. The summed E-state index contributed by atoms with van der Waals surface area (Å²) in [6, 6.07) is 10.3. The molecule has 0 aliphatic carbocycles. The third-order valence-electron chi connectivity index (χ3n) is 5.85. The molecule has 166 valence electrons. The average Bonchev–Trinajstić information content (AvgIpc) is 3.46. The number of aromatic nitrogens is 4. The van der Waals surface area contributed by atoms with Crippen molar-refractivity contribution in [2.75, 3.05) is 19.6 Å². The van der Waals surface area contributed by atoms with Gasteiger partial charge in [0, 0.05) is 50.1 Å². The lowest BCUT2D eigenvalue weighted by atomic mass is 10.0. The normalized spacial score (nSPS) is 16.5. The minimum Gasteiger partial charge on any atom is -0.357 e. The van der Waals surface area contributed by atoms with Crippen molar-refractivity contribution in [2.24, 2.45) is 12.0 Å². The van der Waals surface area contributed by atoms with Crippen LogP contribution >= 0.6 is 24.0 Å². The van der Waals surface area contributed by atoms with E-state index in [1.165, 1.54) is 11.1 Å². The Morgan fingerprint density at radius 1 is 1.23 bits per heavy atom. The van der Waals surface area contributed by atoms with Gasteiger partial charge in [0.25, 0.3) is 0 Å². The lowest BCUT2D eigenvalue weighted by molar-refractivity contribution is 0.486. The third kappa shape index (κ3) is 5.11. The summed E-state index contributed by atoms with van der Waals surface area (Å²) < 4.78 is 3.90. The summed E-state index contributed by atoms with van der Waals surface area (Å²) in [5, 5.41) is 12.6. The number of guanidine groups is 1. The fraction of sp³-hybridized carbons (Fsp3) is 0.435.